The van der Waals surface area contributed by atoms with Crippen LogP contribution in [0, 0.1) is 6.92 Å². The molecule has 17 heavy (non-hydrogen) atoms. The fraction of sp³-hybridized carbons (Fsp3) is 0.467. The van der Waals surface area contributed by atoms with Gasteiger partial charge in [-0.2, -0.15) is 0 Å². The highest BCUT2D eigenvalue weighted by Crippen LogP contribution is 2.27. The van der Waals surface area contributed by atoms with Crippen LogP contribution in [0.2, 0.25) is 5.02 Å². The molecule has 1 atom stereocenters. The molecule has 0 amide bonds. The van der Waals surface area contributed by atoms with Gasteiger partial charge in [0.15, 0.2) is 0 Å². The molecule has 0 heterocycles. The van der Waals surface area contributed by atoms with Crippen LogP contribution in [0.25, 0.3) is 0 Å². The highest BCUT2D eigenvalue weighted by molar-refractivity contribution is 6.31. The van der Waals surface area contributed by atoms with Crippen molar-refractivity contribution in [3.05, 3.63) is 47.0 Å². The standard InChI is InChI=1S/C15H22ClN/c1-4-6-7-8-15(17-5-2)13-10-9-12(3)11-14(13)16/h4,9-11,15,17H,1,5-8H2,2-3H3. The summed E-state index contributed by atoms with van der Waals surface area (Å²) in [6.07, 6.45) is 5.28. The fourth-order valence-electron chi connectivity index (χ4n) is 1.99. The summed E-state index contributed by atoms with van der Waals surface area (Å²) in [5, 5.41) is 4.37. The molecule has 94 valence electrons. The van der Waals surface area contributed by atoms with Crippen molar-refractivity contribution in [1.82, 2.24) is 5.32 Å². The molecule has 0 aliphatic rings. The lowest BCUT2D eigenvalue weighted by Crippen LogP contribution is -2.21. The van der Waals surface area contributed by atoms with Gasteiger partial charge in [-0.1, -0.05) is 36.7 Å². The van der Waals surface area contributed by atoms with Crippen LogP contribution in [0.5, 0.6) is 0 Å². The summed E-state index contributed by atoms with van der Waals surface area (Å²) in [7, 11) is 0. The molecular weight excluding hydrogens is 230 g/mol. The number of nitrogens with one attached hydrogen (secondary N) is 1. The van der Waals surface area contributed by atoms with Gasteiger partial charge >= 0.3 is 0 Å². The first kappa shape index (κ1) is 14.3. The zero-order valence-electron chi connectivity index (χ0n) is 10.8. The van der Waals surface area contributed by atoms with Crippen LogP contribution < -0.4 is 5.32 Å². The summed E-state index contributed by atoms with van der Waals surface area (Å²) < 4.78 is 0. The van der Waals surface area contributed by atoms with Crippen molar-refractivity contribution in [3.8, 4) is 0 Å². The van der Waals surface area contributed by atoms with E-state index in [2.05, 4.69) is 37.9 Å². The molecule has 2 heteroatoms. The third kappa shape index (κ3) is 4.53. The Morgan fingerprint density at radius 3 is 2.82 bits per heavy atom. The van der Waals surface area contributed by atoms with E-state index in [1.165, 1.54) is 11.1 Å². The van der Waals surface area contributed by atoms with Crippen molar-refractivity contribution >= 4 is 11.6 Å². The van der Waals surface area contributed by atoms with Gasteiger partial charge in [-0.25, -0.2) is 0 Å². The summed E-state index contributed by atoms with van der Waals surface area (Å²) in [6, 6.07) is 6.65. The van der Waals surface area contributed by atoms with Crippen molar-refractivity contribution < 1.29 is 0 Å². The van der Waals surface area contributed by atoms with Crippen LogP contribution >= 0.6 is 11.6 Å². The number of hydrogen-bond acceptors (Lipinski definition) is 1. The van der Waals surface area contributed by atoms with Crippen molar-refractivity contribution in [2.45, 2.75) is 39.2 Å². The number of unbranched alkanes of at least 4 members (excludes halogenated alkanes) is 1. The number of rotatable bonds is 7. The molecule has 0 aliphatic heterocycles. The van der Waals surface area contributed by atoms with Crippen LogP contribution in [-0.2, 0) is 0 Å². The zero-order valence-corrected chi connectivity index (χ0v) is 11.6. The normalized spacial score (nSPS) is 12.4. The van der Waals surface area contributed by atoms with Gasteiger partial charge < -0.3 is 5.32 Å². The van der Waals surface area contributed by atoms with Gasteiger partial charge in [0.05, 0.1) is 0 Å². The number of benzene rings is 1. The quantitative estimate of drug-likeness (QED) is 0.549. The number of hydrogen-bond donors (Lipinski definition) is 1. The molecule has 0 saturated heterocycles. The van der Waals surface area contributed by atoms with Crippen molar-refractivity contribution in [3.63, 3.8) is 0 Å². The maximum Gasteiger partial charge on any atom is 0.0456 e. The molecule has 0 saturated carbocycles. The molecule has 0 aromatic heterocycles. The van der Waals surface area contributed by atoms with Crippen LogP contribution in [0.15, 0.2) is 30.9 Å². The minimum absolute atomic E-state index is 0.355. The molecule has 1 aromatic rings. The van der Waals surface area contributed by atoms with Crippen LogP contribution in [0.1, 0.15) is 43.4 Å². The molecule has 0 radical (unpaired) electrons. The van der Waals surface area contributed by atoms with E-state index < -0.39 is 0 Å². The molecule has 1 nitrogen and oxygen atoms in total. The average molecular weight is 252 g/mol. The van der Waals surface area contributed by atoms with Crippen LogP contribution in [0.4, 0.5) is 0 Å². The molecule has 0 spiro atoms. The Labute approximate surface area is 110 Å². The number of aryl methyl sites for hydroxylation is 1. The van der Waals surface area contributed by atoms with Crippen molar-refractivity contribution in [2.75, 3.05) is 6.54 Å². The minimum atomic E-state index is 0.355. The number of allylic oxidation sites excluding steroid dienone is 1. The third-order valence-electron chi connectivity index (χ3n) is 2.88. The van der Waals surface area contributed by atoms with E-state index in [-0.39, 0.29) is 0 Å². The maximum atomic E-state index is 6.31. The maximum absolute atomic E-state index is 6.31. The third-order valence-corrected chi connectivity index (χ3v) is 3.21. The van der Waals surface area contributed by atoms with Gasteiger partial charge in [0, 0.05) is 11.1 Å². The summed E-state index contributed by atoms with van der Waals surface area (Å²) >= 11 is 6.31. The van der Waals surface area contributed by atoms with Gasteiger partial charge in [-0.15, -0.1) is 6.58 Å². The predicted molar refractivity (Wildman–Crippen MR) is 76.7 cm³/mol. The van der Waals surface area contributed by atoms with Crippen molar-refractivity contribution in [2.24, 2.45) is 0 Å². The van der Waals surface area contributed by atoms with E-state index in [1.54, 1.807) is 0 Å². The second kappa shape index (κ2) is 7.52. The van der Waals surface area contributed by atoms with E-state index in [9.17, 15) is 0 Å². The fourth-order valence-corrected chi connectivity index (χ4v) is 2.36. The van der Waals surface area contributed by atoms with Gasteiger partial charge in [0.2, 0.25) is 0 Å². The monoisotopic (exact) mass is 251 g/mol. The average Bonchev–Trinajstić information content (AvgIpc) is 2.28. The number of halogens is 1. The van der Waals surface area contributed by atoms with Gasteiger partial charge in [0.1, 0.15) is 0 Å². The minimum Gasteiger partial charge on any atom is -0.310 e. The molecule has 1 unspecified atom stereocenters. The summed E-state index contributed by atoms with van der Waals surface area (Å²) in [5.74, 6) is 0. The lowest BCUT2D eigenvalue weighted by atomic mass is 9.99. The molecule has 1 N–H and O–H groups in total. The topological polar surface area (TPSA) is 12.0 Å². The second-order valence-corrected chi connectivity index (χ2v) is 4.76. The Hall–Kier alpha value is -0.790. The van der Waals surface area contributed by atoms with E-state index in [4.69, 9.17) is 11.6 Å². The van der Waals surface area contributed by atoms with Gasteiger partial charge in [-0.05, 0) is 49.9 Å². The Bertz CT molecular complexity index is 360. The zero-order chi connectivity index (χ0) is 12.7. The second-order valence-electron chi connectivity index (χ2n) is 4.35. The van der Waals surface area contributed by atoms with Crippen molar-refractivity contribution in [1.29, 1.82) is 0 Å². The highest BCUT2D eigenvalue weighted by atomic mass is 35.5. The Morgan fingerprint density at radius 1 is 1.47 bits per heavy atom. The molecule has 1 aromatic carbocycles. The van der Waals surface area contributed by atoms with E-state index in [1.807, 2.05) is 12.1 Å². The summed E-state index contributed by atoms with van der Waals surface area (Å²) in [5.41, 5.74) is 2.42. The molecule has 0 fully saturated rings. The first-order chi connectivity index (χ1) is 8.19. The first-order valence-electron chi connectivity index (χ1n) is 6.29. The Morgan fingerprint density at radius 2 is 2.24 bits per heavy atom. The van der Waals surface area contributed by atoms with Crippen LogP contribution in [-0.4, -0.2) is 6.54 Å². The van der Waals surface area contributed by atoms with Gasteiger partial charge in [0.25, 0.3) is 0 Å². The first-order valence-corrected chi connectivity index (χ1v) is 6.67. The Kier molecular flexibility index (Phi) is 6.31. The van der Waals surface area contributed by atoms with Gasteiger partial charge in [-0.3, -0.25) is 0 Å². The smallest absolute Gasteiger partial charge is 0.0456 e. The van der Waals surface area contributed by atoms with E-state index in [0.29, 0.717) is 6.04 Å². The predicted octanol–water partition coefficient (Wildman–Crippen LogP) is 4.66. The summed E-state index contributed by atoms with van der Waals surface area (Å²) in [6.45, 7) is 8.91. The largest absolute Gasteiger partial charge is 0.310 e. The van der Waals surface area contributed by atoms with E-state index >= 15 is 0 Å². The Balaban J connectivity index is 2.77. The highest BCUT2D eigenvalue weighted by Gasteiger charge is 2.12. The molecule has 0 bridgehead atoms. The lowest BCUT2D eigenvalue weighted by Gasteiger charge is -2.19. The molecule has 0 aliphatic carbocycles. The summed E-state index contributed by atoms with van der Waals surface area (Å²) in [4.78, 5) is 0. The lowest BCUT2D eigenvalue weighted by molar-refractivity contribution is 0.500. The molecule has 1 rings (SSSR count). The SMILES string of the molecule is C=CCCCC(NCC)c1ccc(C)cc1Cl. The molecular formula is C15H22ClN. The van der Waals surface area contributed by atoms with Crippen LogP contribution in [0.3, 0.4) is 0 Å². The van der Waals surface area contributed by atoms with E-state index in [0.717, 1.165) is 30.8 Å².